The van der Waals surface area contributed by atoms with Crippen LogP contribution in [0.3, 0.4) is 0 Å². The summed E-state index contributed by atoms with van der Waals surface area (Å²) in [6.07, 6.45) is -0.138. The summed E-state index contributed by atoms with van der Waals surface area (Å²) in [4.78, 5) is 37.0. The molecule has 5 heteroatoms. The van der Waals surface area contributed by atoms with Gasteiger partial charge in [-0.15, -0.1) is 0 Å². The van der Waals surface area contributed by atoms with Crippen molar-refractivity contribution in [3.8, 4) is 0 Å². The number of amides is 2. The first-order valence-electron chi connectivity index (χ1n) is 4.04. The zero-order valence-corrected chi connectivity index (χ0v) is 7.03. The Morgan fingerprint density at radius 3 is 2.77 bits per heavy atom. The van der Waals surface area contributed by atoms with Crippen molar-refractivity contribution in [1.82, 2.24) is 5.32 Å². The Bertz CT molecular complexity index is 345. The Morgan fingerprint density at radius 1 is 1.38 bits per heavy atom. The van der Waals surface area contributed by atoms with Gasteiger partial charge in [0.05, 0.1) is 18.3 Å². The van der Waals surface area contributed by atoms with Crippen LogP contribution in [-0.2, 0) is 14.4 Å². The molecule has 0 radical (unpaired) electrons. The molecule has 1 N–H and O–H groups in total. The largest absolute Gasteiger partial charge is 0.313 e. The van der Waals surface area contributed by atoms with Crippen molar-refractivity contribution in [2.75, 3.05) is 0 Å². The van der Waals surface area contributed by atoms with Crippen molar-refractivity contribution < 1.29 is 14.4 Å². The first-order chi connectivity index (χ1) is 6.09. The number of ketones is 1. The average Bonchev–Trinajstić information content (AvgIpc) is 2.27. The molecule has 2 heterocycles. The smallest absolute Gasteiger partial charge is 0.251 e. The minimum Gasteiger partial charge on any atom is -0.313 e. The third-order valence-corrected chi connectivity index (χ3v) is 2.36. The van der Waals surface area contributed by atoms with E-state index in [2.05, 4.69) is 10.3 Å². The quantitative estimate of drug-likeness (QED) is 0.499. The maximum Gasteiger partial charge on any atom is 0.251 e. The molecule has 1 saturated heterocycles. The van der Waals surface area contributed by atoms with Gasteiger partial charge in [0.1, 0.15) is 5.84 Å². The second kappa shape index (κ2) is 2.48. The fourth-order valence-electron chi connectivity index (χ4n) is 1.66. The fraction of sp³-hybridized carbons (Fsp3) is 0.500. The molecule has 2 amide bonds. The van der Waals surface area contributed by atoms with Gasteiger partial charge in [0, 0.05) is 0 Å². The van der Waals surface area contributed by atoms with Crippen LogP contribution < -0.4 is 5.32 Å². The van der Waals surface area contributed by atoms with Gasteiger partial charge >= 0.3 is 0 Å². The summed E-state index contributed by atoms with van der Waals surface area (Å²) >= 11 is 0. The number of carbonyl (C=O) groups is 3. The highest BCUT2D eigenvalue weighted by Crippen LogP contribution is 2.25. The molecule has 0 bridgehead atoms. The van der Waals surface area contributed by atoms with Gasteiger partial charge in [-0.1, -0.05) is 6.92 Å². The number of fused-ring (bicyclic) bond motifs is 1. The van der Waals surface area contributed by atoms with E-state index >= 15 is 0 Å². The van der Waals surface area contributed by atoms with E-state index in [-0.39, 0.29) is 29.9 Å². The van der Waals surface area contributed by atoms with Gasteiger partial charge in [-0.05, 0) is 0 Å². The van der Waals surface area contributed by atoms with Gasteiger partial charge in [-0.25, -0.2) is 0 Å². The molecule has 2 atom stereocenters. The second-order valence-electron chi connectivity index (χ2n) is 3.29. The number of nitrogens with one attached hydrogen (secondary N) is 1. The van der Waals surface area contributed by atoms with Crippen molar-refractivity contribution in [1.29, 1.82) is 0 Å². The molecule has 2 rings (SSSR count). The molecule has 68 valence electrons. The van der Waals surface area contributed by atoms with E-state index < -0.39 is 11.8 Å². The first kappa shape index (κ1) is 8.10. The minimum atomic E-state index is -0.509. The molecule has 1 fully saturated rings. The molecule has 2 aliphatic rings. The van der Waals surface area contributed by atoms with Gasteiger partial charge < -0.3 is 5.32 Å². The van der Waals surface area contributed by atoms with Gasteiger partial charge in [0.25, 0.3) is 5.91 Å². The van der Waals surface area contributed by atoms with Crippen molar-refractivity contribution >= 4 is 23.4 Å². The predicted octanol–water partition coefficient (Wildman–Crippen LogP) is -0.734. The number of nitrogens with zero attached hydrogens (tertiary/aromatic N) is 1. The van der Waals surface area contributed by atoms with Gasteiger partial charge in [0.2, 0.25) is 5.91 Å². The Kier molecular flexibility index (Phi) is 1.55. The summed E-state index contributed by atoms with van der Waals surface area (Å²) in [6, 6.07) is 0. The van der Waals surface area contributed by atoms with Crippen LogP contribution in [0.4, 0.5) is 0 Å². The maximum absolute atomic E-state index is 11.3. The molecular weight excluding hydrogens is 172 g/mol. The number of hydrogen-bond donors (Lipinski definition) is 1. The van der Waals surface area contributed by atoms with Crippen molar-refractivity contribution in [2.24, 2.45) is 16.8 Å². The number of amidine groups is 1. The summed E-state index contributed by atoms with van der Waals surface area (Å²) < 4.78 is 0. The van der Waals surface area contributed by atoms with Gasteiger partial charge in [-0.2, -0.15) is 4.99 Å². The Hall–Kier alpha value is -1.52. The minimum absolute atomic E-state index is 0.138. The van der Waals surface area contributed by atoms with E-state index in [1.807, 2.05) is 0 Å². The second-order valence-corrected chi connectivity index (χ2v) is 3.29. The van der Waals surface area contributed by atoms with E-state index in [0.717, 1.165) is 0 Å². The molecule has 0 aromatic carbocycles. The lowest BCUT2D eigenvalue weighted by Crippen LogP contribution is -2.46. The Balaban J connectivity index is 2.36. The summed E-state index contributed by atoms with van der Waals surface area (Å²) in [6.45, 7) is 1.65. The predicted molar refractivity (Wildman–Crippen MR) is 42.9 cm³/mol. The first-order valence-corrected chi connectivity index (χ1v) is 4.04. The molecule has 0 aromatic heterocycles. The highest BCUT2D eigenvalue weighted by atomic mass is 16.2. The highest BCUT2D eigenvalue weighted by Gasteiger charge is 2.43. The number of hydrogen-bond acceptors (Lipinski definition) is 3. The van der Waals surface area contributed by atoms with Crippen LogP contribution in [0.5, 0.6) is 0 Å². The molecule has 0 aromatic rings. The number of aliphatic imine (C=N–C) groups is 1. The third-order valence-electron chi connectivity index (χ3n) is 2.36. The van der Waals surface area contributed by atoms with E-state index in [4.69, 9.17) is 0 Å². The van der Waals surface area contributed by atoms with Gasteiger partial charge in [-0.3, -0.25) is 14.4 Å². The summed E-state index contributed by atoms with van der Waals surface area (Å²) in [5.74, 6) is -1.59. The highest BCUT2D eigenvalue weighted by molar-refractivity contribution is 6.25. The topological polar surface area (TPSA) is 75.6 Å². The Labute approximate surface area is 74.2 Å². The molecule has 13 heavy (non-hydrogen) atoms. The average molecular weight is 180 g/mol. The third kappa shape index (κ3) is 1.07. The van der Waals surface area contributed by atoms with E-state index in [9.17, 15) is 14.4 Å². The summed E-state index contributed by atoms with van der Waals surface area (Å²) in [5, 5.41) is 2.44. The van der Waals surface area contributed by atoms with Crippen molar-refractivity contribution in [2.45, 2.75) is 13.3 Å². The molecule has 5 nitrogen and oxygen atoms in total. The van der Waals surface area contributed by atoms with Crippen LogP contribution in [0.1, 0.15) is 13.3 Å². The van der Waals surface area contributed by atoms with Crippen LogP contribution in [0.15, 0.2) is 4.99 Å². The van der Waals surface area contributed by atoms with Crippen LogP contribution in [-0.4, -0.2) is 23.4 Å². The SMILES string of the molecule is C[C@H]1C(=O)N=C2NC(=O)CC(=O)[C@@H]21. The van der Waals surface area contributed by atoms with Gasteiger partial charge in [0.15, 0.2) is 5.78 Å². The zero-order chi connectivity index (χ0) is 9.59. The van der Waals surface area contributed by atoms with Crippen molar-refractivity contribution in [3.05, 3.63) is 0 Å². The normalized spacial score (nSPS) is 32.7. The Morgan fingerprint density at radius 2 is 2.08 bits per heavy atom. The lowest BCUT2D eigenvalue weighted by Gasteiger charge is -2.20. The molecule has 0 spiro atoms. The molecular formula is C8H8N2O3. The number of piperidine rings is 1. The number of carbonyl (C=O) groups excluding carboxylic acids is 3. The lowest BCUT2D eigenvalue weighted by atomic mass is 9.87. The summed E-state index contributed by atoms with van der Waals surface area (Å²) in [7, 11) is 0. The summed E-state index contributed by atoms with van der Waals surface area (Å²) in [5.41, 5.74) is 0. The number of rotatable bonds is 0. The van der Waals surface area contributed by atoms with E-state index in [1.54, 1.807) is 6.92 Å². The van der Waals surface area contributed by atoms with Crippen molar-refractivity contribution in [3.63, 3.8) is 0 Å². The van der Waals surface area contributed by atoms with Crippen LogP contribution in [0.2, 0.25) is 0 Å². The van der Waals surface area contributed by atoms with Crippen LogP contribution in [0.25, 0.3) is 0 Å². The number of Topliss-reactive ketones (excluding diaryl/α,β-unsaturated/α-hetero) is 1. The van der Waals surface area contributed by atoms with Crippen LogP contribution >= 0.6 is 0 Å². The van der Waals surface area contributed by atoms with E-state index in [1.165, 1.54) is 0 Å². The van der Waals surface area contributed by atoms with E-state index in [0.29, 0.717) is 0 Å². The molecule has 0 unspecified atom stereocenters. The van der Waals surface area contributed by atoms with Crippen LogP contribution in [0, 0.1) is 11.8 Å². The maximum atomic E-state index is 11.3. The molecule has 0 aliphatic carbocycles. The molecule has 2 aliphatic heterocycles. The lowest BCUT2D eigenvalue weighted by molar-refractivity contribution is -0.132. The standard InChI is InChI=1S/C8H8N2O3/c1-3-6-4(11)2-5(12)9-7(6)10-8(3)13/h3,6H,2H2,1H3,(H,9,10,12,13)/t3-,6+/m1/s1. The zero-order valence-electron chi connectivity index (χ0n) is 7.03. The molecule has 0 saturated carbocycles. The fourth-order valence-corrected chi connectivity index (χ4v) is 1.66. The monoisotopic (exact) mass is 180 g/mol.